The Morgan fingerprint density at radius 2 is 1.50 bits per heavy atom. The van der Waals surface area contributed by atoms with Gasteiger partial charge in [0.25, 0.3) is 0 Å². The van der Waals surface area contributed by atoms with Crippen LogP contribution >= 0.6 is 12.4 Å². The smallest absolute Gasteiger partial charge is 0.317 e. The van der Waals surface area contributed by atoms with Gasteiger partial charge in [-0.15, -0.1) is 12.4 Å². The summed E-state index contributed by atoms with van der Waals surface area (Å²) in [5, 5.41) is 2.87. The average molecular weight is 485 g/mol. The zero-order chi connectivity index (χ0) is 23.2. The highest BCUT2D eigenvalue weighted by Crippen LogP contribution is 2.21. The van der Waals surface area contributed by atoms with E-state index >= 15 is 0 Å². The fraction of sp³-hybridized carbons (Fsp3) is 0.481. The van der Waals surface area contributed by atoms with Gasteiger partial charge in [-0.3, -0.25) is 4.79 Å². The largest absolute Gasteiger partial charge is 0.336 e. The van der Waals surface area contributed by atoms with Crippen LogP contribution in [0.15, 0.2) is 48.5 Å². The van der Waals surface area contributed by atoms with Crippen molar-refractivity contribution in [1.29, 1.82) is 0 Å². The van der Waals surface area contributed by atoms with Gasteiger partial charge >= 0.3 is 6.03 Å². The van der Waals surface area contributed by atoms with E-state index < -0.39 is 0 Å². The number of carbonyl (C=O) groups excluding carboxylic acids is 2. The third-order valence-electron chi connectivity index (χ3n) is 6.90. The summed E-state index contributed by atoms with van der Waals surface area (Å²) in [6.07, 6.45) is 2.38. The average Bonchev–Trinajstić information content (AvgIpc) is 3.24. The monoisotopic (exact) mass is 484 g/mol. The topological polar surface area (TPSA) is 55.9 Å². The number of halogens is 1. The van der Waals surface area contributed by atoms with Crippen molar-refractivity contribution in [3.05, 3.63) is 70.8 Å². The summed E-state index contributed by atoms with van der Waals surface area (Å²) in [5.41, 5.74) is 4.69. The summed E-state index contributed by atoms with van der Waals surface area (Å²) < 4.78 is 0. The number of hydrogen-bond acceptors (Lipinski definition) is 3. The Morgan fingerprint density at radius 1 is 0.912 bits per heavy atom. The molecule has 2 aliphatic heterocycles. The molecule has 2 heterocycles. The lowest BCUT2D eigenvalue weighted by molar-refractivity contribution is -0.134. The van der Waals surface area contributed by atoms with E-state index in [1.807, 2.05) is 4.90 Å². The molecule has 4 rings (SSSR count). The SMILES string of the molecule is Cc1ccc(CC(=O)N(Cc2ccc(C)cc2)C2CCN(CCN3CCNC3=O)CC2)cc1.Cl. The number of rotatable bonds is 8. The molecule has 2 aliphatic rings. The number of carbonyl (C=O) groups is 2. The second-order valence-electron chi connectivity index (χ2n) is 9.46. The van der Waals surface area contributed by atoms with Gasteiger partial charge in [-0.25, -0.2) is 4.79 Å². The number of amides is 3. The number of benzene rings is 2. The molecule has 3 amide bonds. The summed E-state index contributed by atoms with van der Waals surface area (Å²) in [7, 11) is 0. The van der Waals surface area contributed by atoms with Crippen LogP contribution < -0.4 is 5.32 Å². The maximum absolute atomic E-state index is 13.4. The number of aryl methyl sites for hydroxylation is 2. The number of hydrogen-bond donors (Lipinski definition) is 1. The van der Waals surface area contributed by atoms with Crippen molar-refractivity contribution >= 4 is 24.3 Å². The lowest BCUT2D eigenvalue weighted by atomic mass is 10.00. The molecule has 184 valence electrons. The zero-order valence-electron chi connectivity index (χ0n) is 20.3. The molecular weight excluding hydrogens is 448 g/mol. The van der Waals surface area contributed by atoms with Crippen LogP contribution in [0.1, 0.15) is 35.1 Å². The molecule has 2 fully saturated rings. The Bertz CT molecular complexity index is 940. The fourth-order valence-electron chi connectivity index (χ4n) is 4.73. The molecule has 6 nitrogen and oxygen atoms in total. The molecule has 0 aliphatic carbocycles. The Hall–Kier alpha value is -2.57. The highest BCUT2D eigenvalue weighted by atomic mass is 35.5. The molecule has 0 atom stereocenters. The van der Waals surface area contributed by atoms with Crippen LogP contribution in [0.5, 0.6) is 0 Å². The van der Waals surface area contributed by atoms with E-state index in [1.165, 1.54) is 16.7 Å². The molecule has 7 heteroatoms. The molecule has 0 radical (unpaired) electrons. The van der Waals surface area contributed by atoms with Crippen molar-refractivity contribution in [3.63, 3.8) is 0 Å². The third kappa shape index (κ3) is 6.97. The lowest BCUT2D eigenvalue weighted by Gasteiger charge is -2.39. The predicted octanol–water partition coefficient (Wildman–Crippen LogP) is 3.79. The fourth-order valence-corrected chi connectivity index (χ4v) is 4.73. The van der Waals surface area contributed by atoms with Crippen molar-refractivity contribution in [2.75, 3.05) is 39.3 Å². The molecule has 0 spiro atoms. The number of nitrogens with one attached hydrogen (secondary N) is 1. The van der Waals surface area contributed by atoms with E-state index in [9.17, 15) is 9.59 Å². The zero-order valence-corrected chi connectivity index (χ0v) is 21.2. The summed E-state index contributed by atoms with van der Waals surface area (Å²) in [6.45, 7) is 9.95. The van der Waals surface area contributed by atoms with Crippen molar-refractivity contribution in [3.8, 4) is 0 Å². The van der Waals surface area contributed by atoms with Crippen LogP contribution in [-0.2, 0) is 17.8 Å². The van der Waals surface area contributed by atoms with E-state index in [0.29, 0.717) is 13.0 Å². The second-order valence-corrected chi connectivity index (χ2v) is 9.46. The number of urea groups is 1. The van der Waals surface area contributed by atoms with Gasteiger partial charge < -0.3 is 20.0 Å². The van der Waals surface area contributed by atoms with Gasteiger partial charge in [-0.1, -0.05) is 59.7 Å². The standard InChI is InChI=1S/C27H36N4O2.ClH/c1-21-3-7-23(8-4-21)19-26(32)31(20-24-9-5-22(2)6-10-24)25-11-14-29(15-12-25)17-18-30-16-13-28-27(30)33;/h3-10,25H,11-20H2,1-2H3,(H,28,33);1H. The molecule has 1 N–H and O–H groups in total. The van der Waals surface area contributed by atoms with Crippen LogP contribution in [0.3, 0.4) is 0 Å². The van der Waals surface area contributed by atoms with E-state index in [2.05, 4.69) is 77.5 Å². The van der Waals surface area contributed by atoms with Crippen LogP contribution in [-0.4, -0.2) is 71.9 Å². The van der Waals surface area contributed by atoms with Gasteiger partial charge in [0.05, 0.1) is 6.42 Å². The number of nitrogens with zero attached hydrogens (tertiary/aromatic N) is 3. The molecule has 2 aromatic rings. The molecule has 0 bridgehead atoms. The van der Waals surface area contributed by atoms with E-state index in [-0.39, 0.29) is 30.4 Å². The summed E-state index contributed by atoms with van der Waals surface area (Å²) in [5.74, 6) is 0.201. The second kappa shape index (κ2) is 12.2. The Balaban J connectivity index is 0.00000324. The quantitative estimate of drug-likeness (QED) is 0.620. The van der Waals surface area contributed by atoms with E-state index in [4.69, 9.17) is 0 Å². The molecule has 2 aromatic carbocycles. The van der Waals surface area contributed by atoms with Gasteiger partial charge in [0.2, 0.25) is 5.91 Å². The third-order valence-corrected chi connectivity index (χ3v) is 6.90. The van der Waals surface area contributed by atoms with Gasteiger partial charge in [0.15, 0.2) is 0 Å². The maximum atomic E-state index is 13.4. The van der Waals surface area contributed by atoms with E-state index in [0.717, 1.165) is 57.7 Å². The van der Waals surface area contributed by atoms with Crippen LogP contribution in [0, 0.1) is 13.8 Å². The van der Waals surface area contributed by atoms with Gasteiger partial charge in [0.1, 0.15) is 0 Å². The summed E-state index contributed by atoms with van der Waals surface area (Å²) in [6, 6.07) is 17.1. The minimum absolute atomic E-state index is 0. The minimum atomic E-state index is 0. The normalized spacial score (nSPS) is 16.8. The Morgan fingerprint density at radius 3 is 2.06 bits per heavy atom. The highest BCUT2D eigenvalue weighted by Gasteiger charge is 2.29. The predicted molar refractivity (Wildman–Crippen MR) is 138 cm³/mol. The van der Waals surface area contributed by atoms with Crippen molar-refractivity contribution < 1.29 is 9.59 Å². The highest BCUT2D eigenvalue weighted by molar-refractivity contribution is 5.85. The van der Waals surface area contributed by atoms with Gasteiger partial charge in [0, 0.05) is 51.9 Å². The first-order valence-corrected chi connectivity index (χ1v) is 12.1. The van der Waals surface area contributed by atoms with Crippen LogP contribution in [0.25, 0.3) is 0 Å². The molecule has 0 unspecified atom stereocenters. The summed E-state index contributed by atoms with van der Waals surface area (Å²) in [4.78, 5) is 31.6. The van der Waals surface area contributed by atoms with Crippen LogP contribution in [0.4, 0.5) is 4.79 Å². The lowest BCUT2D eigenvalue weighted by Crippen LogP contribution is -2.48. The van der Waals surface area contributed by atoms with Crippen molar-refractivity contribution in [2.45, 2.75) is 45.7 Å². The maximum Gasteiger partial charge on any atom is 0.317 e. The molecule has 0 aromatic heterocycles. The van der Waals surface area contributed by atoms with Crippen LogP contribution in [0.2, 0.25) is 0 Å². The van der Waals surface area contributed by atoms with E-state index in [1.54, 1.807) is 0 Å². The number of piperidine rings is 1. The van der Waals surface area contributed by atoms with Gasteiger partial charge in [-0.05, 0) is 37.8 Å². The first-order valence-electron chi connectivity index (χ1n) is 12.1. The molecular formula is C27H37ClN4O2. The molecule has 2 saturated heterocycles. The first-order chi connectivity index (χ1) is 16.0. The Labute approximate surface area is 209 Å². The summed E-state index contributed by atoms with van der Waals surface area (Å²) >= 11 is 0. The van der Waals surface area contributed by atoms with Crippen molar-refractivity contribution in [2.24, 2.45) is 0 Å². The number of likely N-dealkylation sites (tertiary alicyclic amines) is 1. The Kier molecular flexibility index (Phi) is 9.36. The first kappa shape index (κ1) is 26.0. The van der Waals surface area contributed by atoms with Gasteiger partial charge in [-0.2, -0.15) is 0 Å². The minimum Gasteiger partial charge on any atom is -0.336 e. The van der Waals surface area contributed by atoms with Crippen molar-refractivity contribution in [1.82, 2.24) is 20.0 Å². The molecule has 34 heavy (non-hydrogen) atoms. The molecule has 0 saturated carbocycles.